The first-order valence-corrected chi connectivity index (χ1v) is 7.78. The number of halogens is 1. The van der Waals surface area contributed by atoms with Crippen LogP contribution in [0.15, 0.2) is 30.5 Å². The zero-order chi connectivity index (χ0) is 18.6. The minimum Gasteiger partial charge on any atom is -0.474 e. The van der Waals surface area contributed by atoms with Gasteiger partial charge in [0.05, 0.1) is 17.2 Å². The van der Waals surface area contributed by atoms with E-state index in [0.717, 1.165) is 24.6 Å². The molecular formula is C16H19FN4O4. The molecule has 1 amide bonds. The van der Waals surface area contributed by atoms with Gasteiger partial charge >= 0.3 is 5.69 Å². The second-order valence-electron chi connectivity index (χ2n) is 5.54. The molecule has 1 N–H and O–H groups in total. The Balaban J connectivity index is 2.13. The Morgan fingerprint density at radius 2 is 2.16 bits per heavy atom. The molecule has 0 saturated heterocycles. The molecule has 0 bridgehead atoms. The van der Waals surface area contributed by atoms with Crippen molar-refractivity contribution in [2.75, 3.05) is 5.32 Å². The van der Waals surface area contributed by atoms with E-state index in [1.165, 1.54) is 6.92 Å². The minimum atomic E-state index is -1.07. The van der Waals surface area contributed by atoms with Gasteiger partial charge in [-0.1, -0.05) is 6.92 Å². The Hall–Kier alpha value is -2.97. The Kier molecular flexibility index (Phi) is 5.68. The standard InChI is InChI=1S/C16H19FN4O4/c1-4-10(2)20-15(7-8-18-20)19-16(22)11(3)25-14-9-12(17)5-6-13(14)21(23)24/h5-11H,4H2,1-3H3,(H,19,22)/t10-,11+/m1/s1. The van der Waals surface area contributed by atoms with Gasteiger partial charge in [0.15, 0.2) is 6.10 Å². The molecule has 0 unspecified atom stereocenters. The fourth-order valence-corrected chi connectivity index (χ4v) is 2.14. The number of nitrogens with one attached hydrogen (secondary N) is 1. The highest BCUT2D eigenvalue weighted by atomic mass is 19.1. The van der Waals surface area contributed by atoms with Gasteiger partial charge in [-0.2, -0.15) is 5.10 Å². The number of nitro groups is 1. The lowest BCUT2D eigenvalue weighted by Gasteiger charge is -2.17. The van der Waals surface area contributed by atoms with Crippen LogP contribution in [0.1, 0.15) is 33.2 Å². The summed E-state index contributed by atoms with van der Waals surface area (Å²) in [5, 5.41) is 17.8. The maximum Gasteiger partial charge on any atom is 0.311 e. The summed E-state index contributed by atoms with van der Waals surface area (Å²) in [7, 11) is 0. The fraction of sp³-hybridized carbons (Fsp3) is 0.375. The second-order valence-corrected chi connectivity index (χ2v) is 5.54. The van der Waals surface area contributed by atoms with E-state index in [1.54, 1.807) is 16.9 Å². The third kappa shape index (κ3) is 4.31. The van der Waals surface area contributed by atoms with Crippen molar-refractivity contribution >= 4 is 17.4 Å². The number of nitrogens with zero attached hydrogens (tertiary/aromatic N) is 3. The van der Waals surface area contributed by atoms with E-state index in [4.69, 9.17) is 4.74 Å². The van der Waals surface area contributed by atoms with Gasteiger partial charge < -0.3 is 10.1 Å². The lowest BCUT2D eigenvalue weighted by molar-refractivity contribution is -0.386. The summed E-state index contributed by atoms with van der Waals surface area (Å²) in [4.78, 5) is 22.6. The number of carbonyl (C=O) groups is 1. The Morgan fingerprint density at radius 1 is 1.44 bits per heavy atom. The van der Waals surface area contributed by atoms with Crippen molar-refractivity contribution in [3.05, 3.63) is 46.4 Å². The van der Waals surface area contributed by atoms with Crippen molar-refractivity contribution in [2.24, 2.45) is 0 Å². The summed E-state index contributed by atoms with van der Waals surface area (Å²) in [6.07, 6.45) is 1.32. The fourth-order valence-electron chi connectivity index (χ4n) is 2.14. The number of benzene rings is 1. The molecule has 2 atom stereocenters. The first-order valence-electron chi connectivity index (χ1n) is 7.78. The highest BCUT2D eigenvalue weighted by molar-refractivity contribution is 5.93. The van der Waals surface area contributed by atoms with Crippen LogP contribution < -0.4 is 10.1 Å². The number of rotatable bonds is 7. The summed E-state index contributed by atoms with van der Waals surface area (Å²) in [6, 6.07) is 4.56. The molecule has 0 fully saturated rings. The van der Waals surface area contributed by atoms with E-state index in [-0.39, 0.29) is 11.8 Å². The van der Waals surface area contributed by atoms with Crippen LogP contribution in [0, 0.1) is 15.9 Å². The number of hydrogen-bond donors (Lipinski definition) is 1. The number of aromatic nitrogens is 2. The molecule has 1 aromatic carbocycles. The summed E-state index contributed by atoms with van der Waals surface area (Å²) in [6.45, 7) is 5.37. The maximum absolute atomic E-state index is 13.3. The van der Waals surface area contributed by atoms with Gasteiger partial charge in [0.25, 0.3) is 5.91 Å². The van der Waals surface area contributed by atoms with Gasteiger partial charge in [-0.3, -0.25) is 14.9 Å². The Labute approximate surface area is 143 Å². The van der Waals surface area contributed by atoms with Crippen LogP contribution in [0.2, 0.25) is 0 Å². The van der Waals surface area contributed by atoms with Crippen molar-refractivity contribution in [1.82, 2.24) is 9.78 Å². The first kappa shape index (κ1) is 18.4. The van der Waals surface area contributed by atoms with E-state index in [9.17, 15) is 19.3 Å². The van der Waals surface area contributed by atoms with E-state index in [0.29, 0.717) is 5.82 Å². The summed E-state index contributed by atoms with van der Waals surface area (Å²) in [5.41, 5.74) is -0.411. The molecule has 0 aliphatic rings. The SMILES string of the molecule is CC[C@@H](C)n1nccc1NC(=O)[C@H](C)Oc1cc(F)ccc1[N+](=O)[O-]. The smallest absolute Gasteiger partial charge is 0.311 e. The maximum atomic E-state index is 13.3. The monoisotopic (exact) mass is 350 g/mol. The van der Waals surface area contributed by atoms with Crippen LogP contribution in [0.4, 0.5) is 15.9 Å². The number of amides is 1. The van der Waals surface area contributed by atoms with Crippen LogP contribution >= 0.6 is 0 Å². The van der Waals surface area contributed by atoms with Gasteiger partial charge in [-0.25, -0.2) is 9.07 Å². The molecule has 0 spiro atoms. The molecule has 2 rings (SSSR count). The second kappa shape index (κ2) is 7.73. The van der Waals surface area contributed by atoms with Gasteiger partial charge in [-0.15, -0.1) is 0 Å². The van der Waals surface area contributed by atoms with Crippen LogP contribution in [0.25, 0.3) is 0 Å². The predicted octanol–water partition coefficient (Wildman–Crippen LogP) is 3.31. The van der Waals surface area contributed by atoms with Gasteiger partial charge in [0, 0.05) is 18.2 Å². The van der Waals surface area contributed by atoms with E-state index >= 15 is 0 Å². The molecule has 0 radical (unpaired) electrons. The number of ether oxygens (including phenoxy) is 1. The Morgan fingerprint density at radius 3 is 2.80 bits per heavy atom. The lowest BCUT2D eigenvalue weighted by Crippen LogP contribution is -2.31. The van der Waals surface area contributed by atoms with Crippen molar-refractivity contribution in [3.8, 4) is 5.75 Å². The predicted molar refractivity (Wildman–Crippen MR) is 89.0 cm³/mol. The average Bonchev–Trinajstić information content (AvgIpc) is 3.01. The van der Waals surface area contributed by atoms with E-state index < -0.39 is 28.4 Å². The van der Waals surface area contributed by atoms with Gasteiger partial charge in [0.2, 0.25) is 5.75 Å². The van der Waals surface area contributed by atoms with Crippen molar-refractivity contribution in [3.63, 3.8) is 0 Å². The van der Waals surface area contributed by atoms with Crippen molar-refractivity contribution < 1.29 is 18.8 Å². The van der Waals surface area contributed by atoms with E-state index in [1.807, 2.05) is 13.8 Å². The molecule has 134 valence electrons. The van der Waals surface area contributed by atoms with Crippen molar-refractivity contribution in [1.29, 1.82) is 0 Å². The van der Waals surface area contributed by atoms with Gasteiger partial charge in [-0.05, 0) is 26.3 Å². The average molecular weight is 350 g/mol. The molecular weight excluding hydrogens is 331 g/mol. The zero-order valence-corrected chi connectivity index (χ0v) is 14.1. The molecule has 2 aromatic rings. The quantitative estimate of drug-likeness (QED) is 0.610. The normalized spacial score (nSPS) is 13.1. The topological polar surface area (TPSA) is 99.3 Å². The zero-order valence-electron chi connectivity index (χ0n) is 14.1. The van der Waals surface area contributed by atoms with Crippen molar-refractivity contribution in [2.45, 2.75) is 39.3 Å². The molecule has 25 heavy (non-hydrogen) atoms. The molecule has 0 aliphatic carbocycles. The summed E-state index contributed by atoms with van der Waals surface area (Å²) >= 11 is 0. The summed E-state index contributed by atoms with van der Waals surface area (Å²) < 4.78 is 20.3. The van der Waals surface area contributed by atoms with Crippen LogP contribution in [0.5, 0.6) is 5.75 Å². The molecule has 1 heterocycles. The molecule has 9 heteroatoms. The first-order chi connectivity index (χ1) is 11.8. The molecule has 0 aliphatic heterocycles. The number of nitro benzene ring substituents is 1. The largest absolute Gasteiger partial charge is 0.474 e. The molecule has 8 nitrogen and oxygen atoms in total. The number of carbonyl (C=O) groups excluding carboxylic acids is 1. The van der Waals surface area contributed by atoms with Crippen LogP contribution in [0.3, 0.4) is 0 Å². The highest BCUT2D eigenvalue weighted by Gasteiger charge is 2.23. The summed E-state index contributed by atoms with van der Waals surface area (Å²) in [5.74, 6) is -1.03. The third-order valence-corrected chi connectivity index (χ3v) is 3.72. The number of hydrogen-bond acceptors (Lipinski definition) is 5. The molecule has 0 saturated carbocycles. The van der Waals surface area contributed by atoms with Crippen LogP contribution in [-0.2, 0) is 4.79 Å². The van der Waals surface area contributed by atoms with Gasteiger partial charge in [0.1, 0.15) is 11.6 Å². The van der Waals surface area contributed by atoms with Crippen LogP contribution in [-0.4, -0.2) is 26.7 Å². The molecule has 1 aromatic heterocycles. The minimum absolute atomic E-state index is 0.0887. The highest BCUT2D eigenvalue weighted by Crippen LogP contribution is 2.28. The number of anilines is 1. The van der Waals surface area contributed by atoms with E-state index in [2.05, 4.69) is 10.4 Å². The third-order valence-electron chi connectivity index (χ3n) is 3.72. The lowest BCUT2D eigenvalue weighted by atomic mass is 10.2. The Bertz CT molecular complexity index is 777.